The molecule has 0 aliphatic heterocycles. The summed E-state index contributed by atoms with van der Waals surface area (Å²) in [4.78, 5) is 16.6. The van der Waals surface area contributed by atoms with E-state index in [1.807, 2.05) is 44.2 Å². The SMILES string of the molecule is COc1c(/C(C)=C/C(=O)Nc2cccnc2Cl)cc2c(-c3ccc(Cl)cc3)coc2c1C. The molecular formula is C25H20Cl2N2O3. The summed E-state index contributed by atoms with van der Waals surface area (Å²) in [5.74, 6) is 0.331. The van der Waals surface area contributed by atoms with Crippen molar-refractivity contribution in [1.82, 2.24) is 4.98 Å². The number of allylic oxidation sites excluding steroid dienone is 1. The summed E-state index contributed by atoms with van der Waals surface area (Å²) in [7, 11) is 1.60. The fraction of sp³-hybridized carbons (Fsp3) is 0.120. The molecule has 0 aliphatic carbocycles. The summed E-state index contributed by atoms with van der Waals surface area (Å²) < 4.78 is 11.6. The molecule has 0 saturated carbocycles. The number of carbonyl (C=O) groups excluding carboxylic acids is 1. The predicted octanol–water partition coefficient (Wildman–Crippen LogP) is 7.16. The Bertz CT molecular complexity index is 1340. The first-order valence-corrected chi connectivity index (χ1v) is 10.6. The molecule has 2 aromatic carbocycles. The molecule has 0 aliphatic rings. The molecule has 0 fully saturated rings. The van der Waals surface area contributed by atoms with E-state index < -0.39 is 0 Å². The molecule has 0 spiro atoms. The second kappa shape index (κ2) is 9.07. The Morgan fingerprint density at radius 3 is 2.62 bits per heavy atom. The van der Waals surface area contributed by atoms with E-state index in [0.29, 0.717) is 16.5 Å². The standard InChI is InChI=1S/C25H20Cl2N2O3/c1-14(11-22(30)29-21-5-4-10-28-25(21)27)18-12-19-20(16-6-8-17(26)9-7-16)13-32-24(19)15(2)23(18)31-3/h4-13H,1-3H3,(H,29,30)/b14-11+. The number of amides is 1. The van der Waals surface area contributed by atoms with E-state index in [1.165, 1.54) is 6.08 Å². The van der Waals surface area contributed by atoms with Gasteiger partial charge in [0.05, 0.1) is 19.1 Å². The highest BCUT2D eigenvalue weighted by Gasteiger charge is 2.19. The molecule has 5 nitrogen and oxygen atoms in total. The van der Waals surface area contributed by atoms with E-state index >= 15 is 0 Å². The van der Waals surface area contributed by atoms with Crippen molar-refractivity contribution in [3.05, 3.63) is 82.3 Å². The number of anilines is 1. The largest absolute Gasteiger partial charge is 0.496 e. The molecule has 4 aromatic rings. The van der Waals surface area contributed by atoms with Gasteiger partial charge in [0.2, 0.25) is 5.91 Å². The topological polar surface area (TPSA) is 64.4 Å². The molecule has 1 amide bonds. The van der Waals surface area contributed by atoms with Gasteiger partial charge in [-0.1, -0.05) is 35.3 Å². The van der Waals surface area contributed by atoms with Crippen LogP contribution in [0.25, 0.3) is 27.7 Å². The van der Waals surface area contributed by atoms with Crippen LogP contribution >= 0.6 is 23.2 Å². The predicted molar refractivity (Wildman–Crippen MR) is 129 cm³/mol. The number of benzene rings is 2. The van der Waals surface area contributed by atoms with Gasteiger partial charge in [0.25, 0.3) is 0 Å². The maximum Gasteiger partial charge on any atom is 0.248 e. The summed E-state index contributed by atoms with van der Waals surface area (Å²) in [5.41, 5.74) is 5.46. The van der Waals surface area contributed by atoms with E-state index in [9.17, 15) is 4.79 Å². The molecule has 0 bridgehead atoms. The van der Waals surface area contributed by atoms with Crippen molar-refractivity contribution in [1.29, 1.82) is 0 Å². The molecular weight excluding hydrogens is 447 g/mol. The molecule has 0 unspecified atom stereocenters. The Balaban J connectivity index is 1.77. The number of hydrogen-bond donors (Lipinski definition) is 1. The summed E-state index contributed by atoms with van der Waals surface area (Å²) in [6, 6.07) is 12.9. The molecule has 0 radical (unpaired) electrons. The number of carbonyl (C=O) groups is 1. The van der Waals surface area contributed by atoms with Gasteiger partial charge in [-0.15, -0.1) is 0 Å². The number of ether oxygens (including phenoxy) is 1. The average molecular weight is 467 g/mol. The fourth-order valence-electron chi connectivity index (χ4n) is 3.65. The molecule has 2 heterocycles. The van der Waals surface area contributed by atoms with Crippen molar-refractivity contribution >= 4 is 51.3 Å². The van der Waals surface area contributed by atoms with Crippen molar-refractivity contribution < 1.29 is 13.9 Å². The molecule has 0 atom stereocenters. The van der Waals surface area contributed by atoms with E-state index in [4.69, 9.17) is 32.4 Å². The van der Waals surface area contributed by atoms with Crippen LogP contribution in [0.1, 0.15) is 18.1 Å². The number of pyridine rings is 1. The maximum atomic E-state index is 12.6. The molecule has 7 heteroatoms. The lowest BCUT2D eigenvalue weighted by Gasteiger charge is -2.13. The van der Waals surface area contributed by atoms with Gasteiger partial charge in [-0.2, -0.15) is 0 Å². The van der Waals surface area contributed by atoms with Crippen LogP contribution in [0.4, 0.5) is 5.69 Å². The van der Waals surface area contributed by atoms with Crippen molar-refractivity contribution in [2.45, 2.75) is 13.8 Å². The van der Waals surface area contributed by atoms with Crippen molar-refractivity contribution in [3.8, 4) is 16.9 Å². The Morgan fingerprint density at radius 1 is 1.19 bits per heavy atom. The zero-order chi connectivity index (χ0) is 22.8. The molecule has 0 saturated heterocycles. The second-order valence-electron chi connectivity index (χ2n) is 7.27. The third-order valence-electron chi connectivity index (χ3n) is 5.19. The lowest BCUT2D eigenvalue weighted by atomic mass is 9.96. The third-order valence-corrected chi connectivity index (χ3v) is 5.75. The number of halogens is 2. The van der Waals surface area contributed by atoms with Crippen molar-refractivity contribution in [2.24, 2.45) is 0 Å². The monoisotopic (exact) mass is 466 g/mol. The lowest BCUT2D eigenvalue weighted by Crippen LogP contribution is -2.09. The third kappa shape index (κ3) is 4.22. The minimum atomic E-state index is -0.317. The molecule has 2 aromatic heterocycles. The van der Waals surface area contributed by atoms with Crippen LogP contribution in [0, 0.1) is 6.92 Å². The van der Waals surface area contributed by atoms with Crippen molar-refractivity contribution in [2.75, 3.05) is 12.4 Å². The van der Waals surface area contributed by atoms with Gasteiger partial charge in [-0.25, -0.2) is 4.98 Å². The number of aryl methyl sites for hydroxylation is 1. The van der Waals surface area contributed by atoms with Gasteiger partial charge in [0.15, 0.2) is 5.15 Å². The van der Waals surface area contributed by atoms with Crippen LogP contribution in [-0.4, -0.2) is 18.0 Å². The normalized spacial score (nSPS) is 11.6. The number of fused-ring (bicyclic) bond motifs is 1. The summed E-state index contributed by atoms with van der Waals surface area (Å²) in [6.45, 7) is 3.79. The van der Waals surface area contributed by atoms with E-state index in [-0.39, 0.29) is 11.1 Å². The van der Waals surface area contributed by atoms with Gasteiger partial charge in [0.1, 0.15) is 11.3 Å². The Labute approximate surface area is 195 Å². The minimum absolute atomic E-state index is 0.229. The number of methoxy groups -OCH3 is 1. The number of hydrogen-bond acceptors (Lipinski definition) is 4. The minimum Gasteiger partial charge on any atom is -0.496 e. The molecule has 32 heavy (non-hydrogen) atoms. The Hall–Kier alpha value is -3.28. The van der Waals surface area contributed by atoms with Crippen LogP contribution in [0.3, 0.4) is 0 Å². The maximum absolute atomic E-state index is 12.6. The summed E-state index contributed by atoms with van der Waals surface area (Å²) >= 11 is 12.1. The van der Waals surface area contributed by atoms with Crippen LogP contribution < -0.4 is 10.1 Å². The Morgan fingerprint density at radius 2 is 1.94 bits per heavy atom. The number of furan rings is 1. The van der Waals surface area contributed by atoms with Gasteiger partial charge in [-0.05, 0) is 55.3 Å². The first-order valence-electron chi connectivity index (χ1n) is 9.84. The number of aromatic nitrogens is 1. The first-order chi connectivity index (χ1) is 15.4. The molecule has 4 rings (SSSR count). The smallest absolute Gasteiger partial charge is 0.248 e. The summed E-state index contributed by atoms with van der Waals surface area (Å²) in [6.07, 6.45) is 4.79. The number of rotatable bonds is 5. The Kier molecular flexibility index (Phi) is 6.21. The van der Waals surface area contributed by atoms with Gasteiger partial charge in [-0.3, -0.25) is 4.79 Å². The number of nitrogens with zero attached hydrogens (tertiary/aromatic N) is 1. The highest BCUT2D eigenvalue weighted by molar-refractivity contribution is 6.32. The number of nitrogens with one attached hydrogen (secondary N) is 1. The fourth-order valence-corrected chi connectivity index (χ4v) is 3.94. The molecule has 162 valence electrons. The first kappa shape index (κ1) is 21.9. The van der Waals surface area contributed by atoms with E-state index in [2.05, 4.69) is 10.3 Å². The van der Waals surface area contributed by atoms with Gasteiger partial charge in [0, 0.05) is 39.4 Å². The quantitative estimate of drug-likeness (QED) is 0.250. The summed E-state index contributed by atoms with van der Waals surface area (Å²) in [5, 5.41) is 4.57. The van der Waals surface area contributed by atoms with E-state index in [0.717, 1.165) is 38.8 Å². The second-order valence-corrected chi connectivity index (χ2v) is 8.07. The highest BCUT2D eigenvalue weighted by atomic mass is 35.5. The van der Waals surface area contributed by atoms with Crippen LogP contribution in [0.15, 0.2) is 65.4 Å². The van der Waals surface area contributed by atoms with Gasteiger partial charge < -0.3 is 14.5 Å². The van der Waals surface area contributed by atoms with E-state index in [1.54, 1.807) is 31.7 Å². The average Bonchev–Trinajstić information content (AvgIpc) is 3.20. The zero-order valence-electron chi connectivity index (χ0n) is 17.7. The van der Waals surface area contributed by atoms with Crippen LogP contribution in [0.5, 0.6) is 5.75 Å². The molecule has 1 N–H and O–H groups in total. The zero-order valence-corrected chi connectivity index (χ0v) is 19.2. The lowest BCUT2D eigenvalue weighted by molar-refractivity contribution is -0.111. The van der Waals surface area contributed by atoms with Crippen LogP contribution in [-0.2, 0) is 4.79 Å². The van der Waals surface area contributed by atoms with Crippen LogP contribution in [0.2, 0.25) is 10.2 Å². The van der Waals surface area contributed by atoms with Gasteiger partial charge >= 0.3 is 0 Å². The van der Waals surface area contributed by atoms with Crippen molar-refractivity contribution in [3.63, 3.8) is 0 Å². The highest BCUT2D eigenvalue weighted by Crippen LogP contribution is 2.40.